The Morgan fingerprint density at radius 3 is 2.56 bits per heavy atom. The van der Waals surface area contributed by atoms with Crippen LogP contribution in [0.25, 0.3) is 0 Å². The van der Waals surface area contributed by atoms with Crippen LogP contribution in [0, 0.1) is 0 Å². The van der Waals surface area contributed by atoms with E-state index in [9.17, 15) is 9.59 Å². The Hall–Kier alpha value is -1.07. The van der Waals surface area contributed by atoms with Gasteiger partial charge in [0.2, 0.25) is 0 Å². The van der Waals surface area contributed by atoms with Gasteiger partial charge in [-0.3, -0.25) is 9.59 Å². The summed E-state index contributed by atoms with van der Waals surface area (Å²) in [6, 6.07) is 4.89. The predicted molar refractivity (Wildman–Crippen MR) is 73.0 cm³/mol. The Morgan fingerprint density at radius 1 is 1.44 bits per heavy atom. The van der Waals surface area contributed by atoms with Crippen LogP contribution in [0.4, 0.5) is 0 Å². The molecule has 0 bridgehead atoms. The molecule has 1 aromatic rings. The van der Waals surface area contributed by atoms with Gasteiger partial charge < -0.3 is 10.4 Å². The molecule has 4 nitrogen and oxygen atoms in total. The Bertz CT molecular complexity index is 488. The van der Waals surface area contributed by atoms with Crippen LogP contribution in [0.5, 0.6) is 0 Å². The summed E-state index contributed by atoms with van der Waals surface area (Å²) in [5, 5.41) is 11.7. The Labute approximate surface area is 118 Å². The van der Waals surface area contributed by atoms with Gasteiger partial charge in [0.25, 0.3) is 5.91 Å². The van der Waals surface area contributed by atoms with Crippen molar-refractivity contribution in [2.45, 2.75) is 25.8 Å². The number of rotatable bonds is 4. The number of amides is 1. The van der Waals surface area contributed by atoms with Crippen molar-refractivity contribution >= 4 is 39.4 Å². The van der Waals surface area contributed by atoms with Gasteiger partial charge in [-0.05, 0) is 32.0 Å². The standard InChI is InChI=1S/C12H13BrClNO3/c1-12(2,6-10(16)17)15-11(18)8-4-3-7(13)5-9(8)14/h3-5H,6H2,1-2H3,(H,15,18)(H,16,17). The molecular weight excluding hydrogens is 321 g/mol. The van der Waals surface area contributed by atoms with E-state index >= 15 is 0 Å². The average Bonchev–Trinajstić information content (AvgIpc) is 2.13. The first-order chi connectivity index (χ1) is 8.21. The first kappa shape index (κ1) is 15.0. The maximum absolute atomic E-state index is 12.0. The van der Waals surface area contributed by atoms with E-state index in [1.165, 1.54) is 0 Å². The van der Waals surface area contributed by atoms with E-state index in [4.69, 9.17) is 16.7 Å². The number of halogens is 2. The number of carboxylic acid groups (broad SMARTS) is 1. The van der Waals surface area contributed by atoms with Gasteiger partial charge in [0.1, 0.15) is 0 Å². The SMILES string of the molecule is CC(C)(CC(=O)O)NC(=O)c1ccc(Br)cc1Cl. The first-order valence-corrected chi connectivity index (χ1v) is 6.38. The zero-order valence-electron chi connectivity index (χ0n) is 9.96. The minimum atomic E-state index is -0.970. The second-order valence-electron chi connectivity index (χ2n) is 4.53. The minimum absolute atomic E-state index is 0.160. The number of carbonyl (C=O) groups excluding carboxylic acids is 1. The lowest BCUT2D eigenvalue weighted by Crippen LogP contribution is -2.45. The van der Waals surface area contributed by atoms with Gasteiger partial charge >= 0.3 is 5.97 Å². The highest BCUT2D eigenvalue weighted by atomic mass is 79.9. The van der Waals surface area contributed by atoms with Crippen LogP contribution >= 0.6 is 27.5 Å². The topological polar surface area (TPSA) is 66.4 Å². The smallest absolute Gasteiger partial charge is 0.305 e. The third-order valence-corrected chi connectivity index (χ3v) is 3.03. The third kappa shape index (κ3) is 4.31. The lowest BCUT2D eigenvalue weighted by atomic mass is 10.00. The van der Waals surface area contributed by atoms with E-state index in [-0.39, 0.29) is 6.42 Å². The molecule has 0 saturated carbocycles. The molecule has 6 heteroatoms. The molecule has 1 aromatic carbocycles. The summed E-state index contributed by atoms with van der Waals surface area (Å²) in [6.07, 6.45) is -0.160. The van der Waals surface area contributed by atoms with E-state index in [1.54, 1.807) is 32.0 Å². The normalized spacial score (nSPS) is 11.1. The molecule has 98 valence electrons. The number of aliphatic carboxylic acids is 1. The molecule has 0 heterocycles. The number of hydrogen-bond donors (Lipinski definition) is 2. The molecular formula is C12H13BrClNO3. The lowest BCUT2D eigenvalue weighted by Gasteiger charge is -2.24. The summed E-state index contributed by atoms with van der Waals surface area (Å²) in [5.74, 6) is -1.36. The zero-order valence-corrected chi connectivity index (χ0v) is 12.3. The van der Waals surface area contributed by atoms with Crippen LogP contribution in [0.15, 0.2) is 22.7 Å². The number of benzene rings is 1. The molecule has 0 aliphatic rings. The number of nitrogens with one attached hydrogen (secondary N) is 1. The van der Waals surface area contributed by atoms with Crippen molar-refractivity contribution < 1.29 is 14.7 Å². The average molecular weight is 335 g/mol. The zero-order chi connectivity index (χ0) is 13.9. The molecule has 2 N–H and O–H groups in total. The number of hydrogen-bond acceptors (Lipinski definition) is 2. The second-order valence-corrected chi connectivity index (χ2v) is 5.86. The van der Waals surface area contributed by atoms with Gasteiger partial charge in [-0.15, -0.1) is 0 Å². The van der Waals surface area contributed by atoms with Gasteiger partial charge in [0, 0.05) is 10.0 Å². The maximum Gasteiger partial charge on any atom is 0.305 e. The molecule has 0 radical (unpaired) electrons. The lowest BCUT2D eigenvalue weighted by molar-refractivity contribution is -0.138. The molecule has 0 saturated heterocycles. The van der Waals surface area contributed by atoms with Gasteiger partial charge in [0.05, 0.1) is 17.0 Å². The summed E-state index contributed by atoms with van der Waals surface area (Å²) in [4.78, 5) is 22.6. The number of carboxylic acids is 1. The highest BCUT2D eigenvalue weighted by molar-refractivity contribution is 9.10. The van der Waals surface area contributed by atoms with Crippen molar-refractivity contribution in [2.75, 3.05) is 0 Å². The summed E-state index contributed by atoms with van der Waals surface area (Å²) in [6.45, 7) is 3.29. The van der Waals surface area contributed by atoms with Crippen LogP contribution < -0.4 is 5.32 Å². The van der Waals surface area contributed by atoms with Crippen molar-refractivity contribution in [1.29, 1.82) is 0 Å². The van der Waals surface area contributed by atoms with Crippen LogP contribution in [-0.2, 0) is 4.79 Å². The predicted octanol–water partition coefficient (Wildman–Crippen LogP) is 3.09. The van der Waals surface area contributed by atoms with E-state index in [0.29, 0.717) is 10.6 Å². The van der Waals surface area contributed by atoms with Crippen molar-refractivity contribution in [3.63, 3.8) is 0 Å². The summed E-state index contributed by atoms with van der Waals surface area (Å²) in [7, 11) is 0. The fraction of sp³-hybridized carbons (Fsp3) is 0.333. The van der Waals surface area contributed by atoms with Crippen molar-refractivity contribution in [3.8, 4) is 0 Å². The molecule has 0 unspecified atom stereocenters. The monoisotopic (exact) mass is 333 g/mol. The van der Waals surface area contributed by atoms with Crippen LogP contribution in [-0.4, -0.2) is 22.5 Å². The van der Waals surface area contributed by atoms with Gasteiger partial charge in [0.15, 0.2) is 0 Å². The van der Waals surface area contributed by atoms with Crippen molar-refractivity contribution in [2.24, 2.45) is 0 Å². The Balaban J connectivity index is 2.85. The van der Waals surface area contributed by atoms with Crippen molar-refractivity contribution in [1.82, 2.24) is 5.32 Å². The molecule has 0 aliphatic heterocycles. The molecule has 0 spiro atoms. The van der Waals surface area contributed by atoms with Crippen LogP contribution in [0.1, 0.15) is 30.6 Å². The van der Waals surface area contributed by atoms with Crippen LogP contribution in [0.2, 0.25) is 5.02 Å². The summed E-state index contributed by atoms with van der Waals surface area (Å²) < 4.78 is 0.772. The van der Waals surface area contributed by atoms with Gasteiger partial charge in [-0.2, -0.15) is 0 Å². The summed E-state index contributed by atoms with van der Waals surface area (Å²) in [5.41, 5.74) is -0.516. The maximum atomic E-state index is 12.0. The molecule has 0 aliphatic carbocycles. The highest BCUT2D eigenvalue weighted by Gasteiger charge is 2.25. The van der Waals surface area contributed by atoms with Crippen molar-refractivity contribution in [3.05, 3.63) is 33.3 Å². The second kappa shape index (κ2) is 5.71. The molecule has 0 fully saturated rings. The first-order valence-electron chi connectivity index (χ1n) is 5.20. The largest absolute Gasteiger partial charge is 0.481 e. The third-order valence-electron chi connectivity index (χ3n) is 2.22. The minimum Gasteiger partial charge on any atom is -0.481 e. The molecule has 1 rings (SSSR count). The molecule has 0 aromatic heterocycles. The molecule has 1 amide bonds. The molecule has 18 heavy (non-hydrogen) atoms. The highest BCUT2D eigenvalue weighted by Crippen LogP contribution is 2.22. The molecule has 0 atom stereocenters. The fourth-order valence-corrected chi connectivity index (χ4v) is 2.23. The Kier molecular flexibility index (Phi) is 4.76. The van der Waals surface area contributed by atoms with E-state index in [1.807, 2.05) is 0 Å². The fourth-order valence-electron chi connectivity index (χ4n) is 1.47. The van der Waals surface area contributed by atoms with Crippen LogP contribution in [0.3, 0.4) is 0 Å². The summed E-state index contributed by atoms with van der Waals surface area (Å²) >= 11 is 9.20. The van der Waals surface area contributed by atoms with Gasteiger partial charge in [-0.25, -0.2) is 0 Å². The number of carbonyl (C=O) groups is 2. The quantitative estimate of drug-likeness (QED) is 0.889. The van der Waals surface area contributed by atoms with E-state index in [0.717, 1.165) is 4.47 Å². The van der Waals surface area contributed by atoms with E-state index < -0.39 is 17.4 Å². The van der Waals surface area contributed by atoms with E-state index in [2.05, 4.69) is 21.2 Å². The van der Waals surface area contributed by atoms with Gasteiger partial charge in [-0.1, -0.05) is 27.5 Å². The Morgan fingerprint density at radius 2 is 2.06 bits per heavy atom.